The van der Waals surface area contributed by atoms with Gasteiger partial charge in [-0.05, 0) is 23.8 Å². The number of methoxy groups -OCH3 is 1. The van der Waals surface area contributed by atoms with Crippen molar-refractivity contribution in [2.75, 3.05) is 24.6 Å². The van der Waals surface area contributed by atoms with Crippen molar-refractivity contribution >= 4 is 27.6 Å². The normalized spacial score (nSPS) is 21.5. The van der Waals surface area contributed by atoms with E-state index in [1.807, 2.05) is 0 Å². The zero-order valence-electron chi connectivity index (χ0n) is 17.7. The van der Waals surface area contributed by atoms with Crippen molar-refractivity contribution in [3.05, 3.63) is 53.3 Å². The fraction of sp³-hybridized carbons (Fsp3) is 0.286. The summed E-state index contributed by atoms with van der Waals surface area (Å²) in [6, 6.07) is 6.02. The highest BCUT2D eigenvalue weighted by Crippen LogP contribution is 2.29. The van der Waals surface area contributed by atoms with Gasteiger partial charge in [-0.15, -0.1) is 0 Å². The number of nitrogens with zero attached hydrogens (tertiary/aromatic N) is 2. The maximum Gasteiger partial charge on any atom is 0.318 e. The molecule has 33 heavy (non-hydrogen) atoms. The highest BCUT2D eigenvalue weighted by Gasteiger charge is 2.48. The Morgan fingerprint density at radius 2 is 2.12 bits per heavy atom. The van der Waals surface area contributed by atoms with Gasteiger partial charge in [-0.3, -0.25) is 14.5 Å². The number of urea groups is 1. The van der Waals surface area contributed by atoms with Gasteiger partial charge in [-0.25, -0.2) is 13.2 Å². The van der Waals surface area contributed by atoms with Gasteiger partial charge in [0.25, 0.3) is 5.91 Å². The van der Waals surface area contributed by atoms with Gasteiger partial charge in [0.05, 0.1) is 31.8 Å². The number of hydrogen-bond donors (Lipinski definition) is 4. The summed E-state index contributed by atoms with van der Waals surface area (Å²) in [4.78, 5) is 30.4. The third-order valence-corrected chi connectivity index (χ3v) is 5.79. The van der Waals surface area contributed by atoms with Crippen molar-refractivity contribution in [2.24, 2.45) is 0 Å². The fourth-order valence-electron chi connectivity index (χ4n) is 3.68. The Morgan fingerprint density at radius 1 is 1.33 bits per heavy atom. The molecule has 0 radical (unpaired) electrons. The van der Waals surface area contributed by atoms with E-state index >= 15 is 0 Å². The van der Waals surface area contributed by atoms with Crippen LogP contribution in [0.15, 0.2) is 36.7 Å². The van der Waals surface area contributed by atoms with Crippen LogP contribution in [-0.2, 0) is 16.6 Å². The lowest BCUT2D eigenvalue weighted by atomic mass is 9.98. The van der Waals surface area contributed by atoms with E-state index < -0.39 is 27.8 Å². The minimum atomic E-state index is -3.50. The first kappa shape index (κ1) is 22.4. The first-order valence-electron chi connectivity index (χ1n) is 9.77. The molecule has 1 aromatic heterocycles. The van der Waals surface area contributed by atoms with Crippen LogP contribution in [-0.4, -0.2) is 67.0 Å². The summed E-state index contributed by atoms with van der Waals surface area (Å²) in [6.07, 6.45) is 2.35. The predicted molar refractivity (Wildman–Crippen MR) is 118 cm³/mol. The predicted octanol–water partition coefficient (Wildman–Crippen LogP) is -0.161. The van der Waals surface area contributed by atoms with Gasteiger partial charge in [-0.2, -0.15) is 0 Å². The van der Waals surface area contributed by atoms with Crippen LogP contribution in [0.25, 0.3) is 0 Å². The Balaban J connectivity index is 1.63. The van der Waals surface area contributed by atoms with Gasteiger partial charge >= 0.3 is 6.03 Å². The Morgan fingerprint density at radius 3 is 2.79 bits per heavy atom. The summed E-state index contributed by atoms with van der Waals surface area (Å²) >= 11 is 0. The number of amides is 3. The van der Waals surface area contributed by atoms with E-state index in [9.17, 15) is 23.1 Å². The summed E-state index contributed by atoms with van der Waals surface area (Å²) in [7, 11) is -2.00. The molecule has 2 unspecified atom stereocenters. The molecule has 1 aromatic carbocycles. The lowest BCUT2D eigenvalue weighted by Gasteiger charge is -2.30. The number of carbonyl (C=O) groups is 2. The van der Waals surface area contributed by atoms with Crippen molar-refractivity contribution in [1.29, 1.82) is 0 Å². The number of aliphatic hydroxyl groups is 1. The highest BCUT2D eigenvalue weighted by molar-refractivity contribution is 7.92. The van der Waals surface area contributed by atoms with Gasteiger partial charge in [0.15, 0.2) is 11.8 Å². The van der Waals surface area contributed by atoms with Gasteiger partial charge in [0.2, 0.25) is 10.0 Å². The summed E-state index contributed by atoms with van der Waals surface area (Å²) in [5, 5.41) is 15.5. The number of aromatic nitrogens is 1. The SMILES string of the molecule is COc1ccc2c(c1)C(=O)N(CC1(C#Cc3cncc(NS(C)(=O)=O)c3)NC(=O)NC1O)C2. The second-order valence-corrected chi connectivity index (χ2v) is 9.49. The van der Waals surface area contributed by atoms with Gasteiger partial charge < -0.3 is 25.4 Å². The zero-order valence-corrected chi connectivity index (χ0v) is 18.6. The molecule has 1 saturated heterocycles. The van der Waals surface area contributed by atoms with Crippen LogP contribution < -0.4 is 20.1 Å². The molecule has 172 valence electrons. The van der Waals surface area contributed by atoms with E-state index in [0.29, 0.717) is 16.9 Å². The maximum absolute atomic E-state index is 13.0. The number of fused-ring (bicyclic) bond motifs is 1. The number of sulfonamides is 1. The molecule has 4 rings (SSSR count). The standard InChI is InChI=1S/C21H21N5O6S/c1-32-16-4-3-14-11-26(18(27)17(14)8-16)12-21(19(28)23-20(29)24-21)6-5-13-7-15(10-22-9-13)25-33(2,30)31/h3-4,7-10,19,25,28H,11-12H2,1-2H3,(H2,23,24,29). The first-order valence-corrected chi connectivity index (χ1v) is 11.7. The molecule has 3 amide bonds. The average Bonchev–Trinajstić information content (AvgIpc) is 3.20. The molecule has 12 heteroatoms. The molecule has 3 heterocycles. The van der Waals surface area contributed by atoms with Crippen LogP contribution >= 0.6 is 0 Å². The van der Waals surface area contributed by atoms with E-state index in [2.05, 4.69) is 32.2 Å². The summed E-state index contributed by atoms with van der Waals surface area (Å²) < 4.78 is 30.4. The maximum atomic E-state index is 13.0. The fourth-order valence-corrected chi connectivity index (χ4v) is 4.22. The Labute approximate surface area is 190 Å². The molecule has 0 saturated carbocycles. The third-order valence-electron chi connectivity index (χ3n) is 5.18. The highest BCUT2D eigenvalue weighted by atomic mass is 32.2. The Kier molecular flexibility index (Phi) is 5.61. The average molecular weight is 471 g/mol. The molecule has 1 fully saturated rings. The largest absolute Gasteiger partial charge is 0.497 e. The van der Waals surface area contributed by atoms with E-state index in [-0.39, 0.29) is 24.7 Å². The molecule has 2 aromatic rings. The van der Waals surface area contributed by atoms with Crippen molar-refractivity contribution in [1.82, 2.24) is 20.5 Å². The smallest absolute Gasteiger partial charge is 0.318 e. The molecular weight excluding hydrogens is 450 g/mol. The monoisotopic (exact) mass is 471 g/mol. The lowest BCUT2D eigenvalue weighted by Crippen LogP contribution is -2.56. The minimum Gasteiger partial charge on any atom is -0.497 e. The zero-order chi connectivity index (χ0) is 23.8. The molecule has 11 nitrogen and oxygen atoms in total. The third kappa shape index (κ3) is 4.69. The second kappa shape index (κ2) is 8.27. The molecule has 0 bridgehead atoms. The number of carbonyl (C=O) groups excluding carboxylic acids is 2. The van der Waals surface area contributed by atoms with Crippen molar-refractivity contribution in [3.8, 4) is 17.6 Å². The number of hydrogen-bond acceptors (Lipinski definition) is 7. The van der Waals surface area contributed by atoms with Crippen molar-refractivity contribution < 1.29 is 27.9 Å². The summed E-state index contributed by atoms with van der Waals surface area (Å²) in [5.74, 6) is 5.93. The van der Waals surface area contributed by atoms with Crippen molar-refractivity contribution in [2.45, 2.75) is 18.3 Å². The van der Waals surface area contributed by atoms with E-state index in [0.717, 1.165) is 11.8 Å². The van der Waals surface area contributed by atoms with Crippen LogP contribution in [0.4, 0.5) is 10.5 Å². The second-order valence-electron chi connectivity index (χ2n) is 7.74. The summed E-state index contributed by atoms with van der Waals surface area (Å²) in [5.41, 5.74) is 0.329. The minimum absolute atomic E-state index is 0.0928. The molecular formula is C21H21N5O6S. The van der Waals surface area contributed by atoms with Crippen LogP contribution in [0.5, 0.6) is 5.75 Å². The molecule has 2 aliphatic rings. The quantitative estimate of drug-likeness (QED) is 0.443. The Bertz CT molecular complexity index is 1300. The van der Waals surface area contributed by atoms with E-state index in [1.165, 1.54) is 30.5 Å². The summed E-state index contributed by atoms with van der Waals surface area (Å²) in [6.45, 7) is 0.184. The molecule has 2 aliphatic heterocycles. The molecule has 0 spiro atoms. The molecule has 2 atom stereocenters. The number of nitrogens with one attached hydrogen (secondary N) is 3. The van der Waals surface area contributed by atoms with Gasteiger partial charge in [0, 0.05) is 23.9 Å². The first-order chi connectivity index (χ1) is 15.6. The van der Waals surface area contributed by atoms with E-state index in [1.54, 1.807) is 18.2 Å². The van der Waals surface area contributed by atoms with Crippen LogP contribution in [0.1, 0.15) is 21.5 Å². The number of aliphatic hydroxyl groups excluding tert-OH is 1. The number of rotatable bonds is 5. The van der Waals surface area contributed by atoms with Gasteiger partial charge in [-0.1, -0.05) is 17.9 Å². The number of ether oxygens (including phenoxy) is 1. The van der Waals surface area contributed by atoms with Crippen LogP contribution in [0, 0.1) is 11.8 Å². The lowest BCUT2D eigenvalue weighted by molar-refractivity contribution is 0.0611. The van der Waals surface area contributed by atoms with Gasteiger partial charge in [0.1, 0.15) is 5.75 Å². The van der Waals surface area contributed by atoms with Crippen LogP contribution in [0.3, 0.4) is 0 Å². The molecule has 4 N–H and O–H groups in total. The number of anilines is 1. The molecule has 0 aliphatic carbocycles. The topological polar surface area (TPSA) is 150 Å². The number of benzene rings is 1. The number of pyridine rings is 1. The van der Waals surface area contributed by atoms with Crippen molar-refractivity contribution in [3.63, 3.8) is 0 Å². The van der Waals surface area contributed by atoms with E-state index in [4.69, 9.17) is 4.74 Å². The van der Waals surface area contributed by atoms with Crippen LogP contribution in [0.2, 0.25) is 0 Å². The Hall–Kier alpha value is -3.82.